The highest BCUT2D eigenvalue weighted by molar-refractivity contribution is 8.00. The van der Waals surface area contributed by atoms with Crippen molar-refractivity contribution in [1.82, 2.24) is 15.6 Å². The molecule has 1 heterocycles. The number of carboxylic acids is 1. The highest BCUT2D eigenvalue weighted by atomic mass is 32.2. The Balaban J connectivity index is 2.38. The van der Waals surface area contributed by atoms with Crippen LogP contribution in [0.3, 0.4) is 0 Å². The summed E-state index contributed by atoms with van der Waals surface area (Å²) in [6.07, 6.45) is 1.48. The van der Waals surface area contributed by atoms with E-state index in [1.807, 2.05) is 0 Å². The van der Waals surface area contributed by atoms with Crippen molar-refractivity contribution in [3.8, 4) is 0 Å². The Hall–Kier alpha value is -2.09. The number of rotatable bonds is 7. The van der Waals surface area contributed by atoms with Gasteiger partial charge in [-0.1, -0.05) is 11.8 Å². The van der Waals surface area contributed by atoms with Crippen molar-refractivity contribution in [2.24, 2.45) is 0 Å². The Morgan fingerprint density at radius 1 is 1.30 bits per heavy atom. The number of aromatic carboxylic acids is 1. The van der Waals surface area contributed by atoms with Gasteiger partial charge in [0.2, 0.25) is 11.8 Å². The second-order valence-corrected chi connectivity index (χ2v) is 4.75. The SMILES string of the molecule is CC(=O)NCCNC(=O)CSc1ncccc1C(=O)O. The molecule has 0 atom stereocenters. The molecule has 1 rings (SSSR count). The maximum atomic E-state index is 11.5. The monoisotopic (exact) mass is 297 g/mol. The topological polar surface area (TPSA) is 108 Å². The van der Waals surface area contributed by atoms with Crippen LogP contribution in [-0.2, 0) is 9.59 Å². The lowest BCUT2D eigenvalue weighted by Gasteiger charge is -2.06. The molecule has 20 heavy (non-hydrogen) atoms. The summed E-state index contributed by atoms with van der Waals surface area (Å²) in [6, 6.07) is 2.97. The van der Waals surface area contributed by atoms with Gasteiger partial charge in [-0.3, -0.25) is 9.59 Å². The maximum Gasteiger partial charge on any atom is 0.338 e. The molecule has 1 aromatic rings. The van der Waals surface area contributed by atoms with Crippen molar-refractivity contribution in [2.45, 2.75) is 11.9 Å². The van der Waals surface area contributed by atoms with Crippen LogP contribution in [0.5, 0.6) is 0 Å². The minimum atomic E-state index is -1.08. The second-order valence-electron chi connectivity index (χ2n) is 3.78. The van der Waals surface area contributed by atoms with Crippen molar-refractivity contribution >= 4 is 29.5 Å². The molecule has 0 radical (unpaired) electrons. The number of hydrogen-bond donors (Lipinski definition) is 3. The minimum Gasteiger partial charge on any atom is -0.478 e. The molecule has 8 heteroatoms. The molecule has 0 saturated heterocycles. The summed E-state index contributed by atoms with van der Waals surface area (Å²) in [5, 5.41) is 14.4. The quantitative estimate of drug-likeness (QED) is 0.487. The number of hydrogen-bond acceptors (Lipinski definition) is 5. The van der Waals surface area contributed by atoms with Gasteiger partial charge in [0.05, 0.1) is 11.3 Å². The number of nitrogens with zero attached hydrogens (tertiary/aromatic N) is 1. The van der Waals surface area contributed by atoms with E-state index in [0.29, 0.717) is 18.1 Å². The summed E-state index contributed by atoms with van der Waals surface area (Å²) in [5.74, 6) is -1.42. The Labute approximate surface area is 120 Å². The lowest BCUT2D eigenvalue weighted by atomic mass is 10.3. The summed E-state index contributed by atoms with van der Waals surface area (Å²) in [6.45, 7) is 2.08. The van der Waals surface area contributed by atoms with Crippen LogP contribution in [0.2, 0.25) is 0 Å². The van der Waals surface area contributed by atoms with E-state index in [4.69, 9.17) is 5.11 Å². The normalized spacial score (nSPS) is 9.85. The highest BCUT2D eigenvalue weighted by Crippen LogP contribution is 2.19. The summed E-state index contributed by atoms with van der Waals surface area (Å²) in [4.78, 5) is 37.0. The largest absolute Gasteiger partial charge is 0.478 e. The fraction of sp³-hybridized carbons (Fsp3) is 0.333. The molecule has 0 aromatic carbocycles. The van der Waals surface area contributed by atoms with Gasteiger partial charge in [0.1, 0.15) is 5.03 Å². The molecule has 0 saturated carbocycles. The van der Waals surface area contributed by atoms with Crippen LogP contribution in [0, 0.1) is 0 Å². The molecule has 0 fully saturated rings. The van der Waals surface area contributed by atoms with E-state index in [0.717, 1.165) is 11.8 Å². The fourth-order valence-corrected chi connectivity index (χ4v) is 2.11. The van der Waals surface area contributed by atoms with Crippen LogP contribution in [0.1, 0.15) is 17.3 Å². The third kappa shape index (κ3) is 5.70. The lowest BCUT2D eigenvalue weighted by molar-refractivity contribution is -0.120. The number of carboxylic acid groups (broad SMARTS) is 1. The Morgan fingerprint density at radius 3 is 2.65 bits per heavy atom. The molecular formula is C12H15N3O4S. The number of aromatic nitrogens is 1. The molecule has 108 valence electrons. The first-order valence-electron chi connectivity index (χ1n) is 5.83. The van der Waals surface area contributed by atoms with Gasteiger partial charge in [0.25, 0.3) is 0 Å². The van der Waals surface area contributed by atoms with Crippen LogP contribution in [0.4, 0.5) is 0 Å². The van der Waals surface area contributed by atoms with Crippen LogP contribution >= 0.6 is 11.8 Å². The molecule has 7 nitrogen and oxygen atoms in total. The summed E-state index contributed by atoms with van der Waals surface area (Å²) in [5.41, 5.74) is 0.0727. The van der Waals surface area contributed by atoms with E-state index in [1.165, 1.54) is 25.3 Å². The van der Waals surface area contributed by atoms with Gasteiger partial charge in [-0.2, -0.15) is 0 Å². The van der Waals surface area contributed by atoms with Crippen LogP contribution in [-0.4, -0.2) is 46.7 Å². The Bertz CT molecular complexity index is 507. The van der Waals surface area contributed by atoms with E-state index < -0.39 is 5.97 Å². The summed E-state index contributed by atoms with van der Waals surface area (Å²) < 4.78 is 0. The summed E-state index contributed by atoms with van der Waals surface area (Å²) >= 11 is 1.06. The Kier molecular flexibility index (Phi) is 6.51. The van der Waals surface area contributed by atoms with Crippen molar-refractivity contribution < 1.29 is 19.5 Å². The smallest absolute Gasteiger partial charge is 0.338 e. The maximum absolute atomic E-state index is 11.5. The minimum absolute atomic E-state index is 0.0668. The van der Waals surface area contributed by atoms with Crippen molar-refractivity contribution in [1.29, 1.82) is 0 Å². The van der Waals surface area contributed by atoms with Crippen LogP contribution in [0.25, 0.3) is 0 Å². The zero-order valence-electron chi connectivity index (χ0n) is 10.9. The second kappa shape index (κ2) is 8.16. The van der Waals surface area contributed by atoms with Gasteiger partial charge >= 0.3 is 5.97 Å². The third-order valence-electron chi connectivity index (χ3n) is 2.16. The van der Waals surface area contributed by atoms with E-state index >= 15 is 0 Å². The fourth-order valence-electron chi connectivity index (χ4n) is 1.29. The van der Waals surface area contributed by atoms with Gasteiger partial charge in [-0.05, 0) is 12.1 Å². The molecule has 3 N–H and O–H groups in total. The number of pyridine rings is 1. The molecule has 0 aliphatic carbocycles. The summed E-state index contributed by atoms with van der Waals surface area (Å²) in [7, 11) is 0. The van der Waals surface area contributed by atoms with Crippen LogP contribution in [0.15, 0.2) is 23.4 Å². The molecular weight excluding hydrogens is 282 g/mol. The van der Waals surface area contributed by atoms with Crippen molar-refractivity contribution in [3.05, 3.63) is 23.9 Å². The molecule has 0 bridgehead atoms. The zero-order chi connectivity index (χ0) is 15.0. The molecule has 0 aliphatic heterocycles. The Morgan fingerprint density at radius 2 is 2.00 bits per heavy atom. The predicted molar refractivity (Wildman–Crippen MR) is 73.6 cm³/mol. The van der Waals surface area contributed by atoms with E-state index in [1.54, 1.807) is 0 Å². The number of nitrogens with one attached hydrogen (secondary N) is 2. The van der Waals surface area contributed by atoms with E-state index in [2.05, 4.69) is 15.6 Å². The van der Waals surface area contributed by atoms with Crippen molar-refractivity contribution in [3.63, 3.8) is 0 Å². The molecule has 0 unspecified atom stereocenters. The van der Waals surface area contributed by atoms with E-state index in [9.17, 15) is 14.4 Å². The first kappa shape index (κ1) is 16.0. The molecule has 2 amide bonds. The van der Waals surface area contributed by atoms with Gasteiger partial charge in [0.15, 0.2) is 0 Å². The number of amides is 2. The van der Waals surface area contributed by atoms with E-state index in [-0.39, 0.29) is 23.1 Å². The van der Waals surface area contributed by atoms with Crippen LogP contribution < -0.4 is 10.6 Å². The number of carbonyl (C=O) groups excluding carboxylic acids is 2. The van der Waals surface area contributed by atoms with Crippen molar-refractivity contribution in [2.75, 3.05) is 18.8 Å². The predicted octanol–water partition coefficient (Wildman–Crippen LogP) is 0.124. The molecule has 1 aromatic heterocycles. The lowest BCUT2D eigenvalue weighted by Crippen LogP contribution is -2.34. The van der Waals surface area contributed by atoms with Gasteiger partial charge < -0.3 is 15.7 Å². The average molecular weight is 297 g/mol. The third-order valence-corrected chi connectivity index (χ3v) is 3.17. The number of thioether (sulfide) groups is 1. The van der Waals surface area contributed by atoms with Gasteiger partial charge in [0, 0.05) is 26.2 Å². The average Bonchev–Trinajstić information content (AvgIpc) is 2.41. The first-order valence-corrected chi connectivity index (χ1v) is 6.81. The molecule has 0 spiro atoms. The number of carbonyl (C=O) groups is 3. The highest BCUT2D eigenvalue weighted by Gasteiger charge is 2.12. The van der Waals surface area contributed by atoms with Gasteiger partial charge in [-0.15, -0.1) is 0 Å². The molecule has 0 aliphatic rings. The zero-order valence-corrected chi connectivity index (χ0v) is 11.7. The van der Waals surface area contributed by atoms with Gasteiger partial charge in [-0.25, -0.2) is 9.78 Å². The first-order chi connectivity index (χ1) is 9.50. The standard InChI is InChI=1S/C12H15N3O4S/c1-8(16)13-5-6-14-10(17)7-20-11-9(12(18)19)3-2-4-15-11/h2-4H,5-7H2,1H3,(H,13,16)(H,14,17)(H,18,19).